The van der Waals surface area contributed by atoms with Gasteiger partial charge in [-0.3, -0.25) is 0 Å². The summed E-state index contributed by atoms with van der Waals surface area (Å²) in [6.07, 6.45) is 0.734. The van der Waals surface area contributed by atoms with E-state index in [-0.39, 0.29) is 0 Å². The minimum Gasteiger partial charge on any atom is -0.508 e. The zero-order valence-electron chi connectivity index (χ0n) is 10.1. The molecule has 2 nitrogen and oxygen atoms in total. The number of aryl methyl sites for hydroxylation is 1. The van der Waals surface area contributed by atoms with Crippen molar-refractivity contribution in [2.45, 2.75) is 13.3 Å². The van der Waals surface area contributed by atoms with Crippen molar-refractivity contribution in [2.75, 3.05) is 7.11 Å². The lowest BCUT2D eigenvalue weighted by Crippen LogP contribution is -1.90. The van der Waals surface area contributed by atoms with Gasteiger partial charge in [0.15, 0.2) is 0 Å². The lowest BCUT2D eigenvalue weighted by atomic mass is 10.0. The molecule has 0 radical (unpaired) electrons. The second-order valence-corrected chi connectivity index (χ2v) is 4.16. The summed E-state index contributed by atoms with van der Waals surface area (Å²) in [4.78, 5) is 0. The van der Waals surface area contributed by atoms with E-state index in [1.807, 2.05) is 43.3 Å². The van der Waals surface area contributed by atoms with Crippen LogP contribution in [0.5, 0.6) is 11.5 Å². The molecule has 17 heavy (non-hydrogen) atoms. The number of aromatic hydroxyl groups is 1. The largest absolute Gasteiger partial charge is 0.508 e. The summed E-state index contributed by atoms with van der Waals surface area (Å²) in [5.41, 5.74) is 3.27. The Morgan fingerprint density at radius 1 is 1.06 bits per heavy atom. The van der Waals surface area contributed by atoms with Crippen molar-refractivity contribution in [3.63, 3.8) is 0 Å². The van der Waals surface area contributed by atoms with Gasteiger partial charge in [0.2, 0.25) is 0 Å². The van der Waals surface area contributed by atoms with E-state index in [1.54, 1.807) is 13.2 Å². The molecule has 0 saturated heterocycles. The number of phenolic OH excluding ortho intramolecular Hbond substituents is 1. The molecule has 0 atom stereocenters. The molecule has 0 fully saturated rings. The Hall–Kier alpha value is -1.96. The van der Waals surface area contributed by atoms with Crippen LogP contribution in [0.2, 0.25) is 0 Å². The van der Waals surface area contributed by atoms with Crippen LogP contribution in [-0.2, 0) is 6.42 Å². The standard InChI is InChI=1S/C15H16O2/c1-11-3-8-15(16)13(9-11)10-12-4-6-14(17-2)7-5-12/h3-9,16H,10H2,1-2H3. The molecular weight excluding hydrogens is 212 g/mol. The molecule has 0 spiro atoms. The van der Waals surface area contributed by atoms with E-state index < -0.39 is 0 Å². The van der Waals surface area contributed by atoms with Gasteiger partial charge in [0.05, 0.1) is 7.11 Å². The Bertz CT molecular complexity index is 501. The number of methoxy groups -OCH3 is 1. The summed E-state index contributed by atoms with van der Waals surface area (Å²) in [6.45, 7) is 2.02. The maximum absolute atomic E-state index is 9.77. The van der Waals surface area contributed by atoms with Crippen LogP contribution in [0.1, 0.15) is 16.7 Å². The van der Waals surface area contributed by atoms with E-state index in [2.05, 4.69) is 0 Å². The Kier molecular flexibility index (Phi) is 3.33. The molecule has 0 aromatic heterocycles. The van der Waals surface area contributed by atoms with Crippen LogP contribution in [0.15, 0.2) is 42.5 Å². The molecule has 0 heterocycles. The summed E-state index contributed by atoms with van der Waals surface area (Å²) in [5.74, 6) is 1.20. The van der Waals surface area contributed by atoms with Crippen LogP contribution in [0.4, 0.5) is 0 Å². The smallest absolute Gasteiger partial charge is 0.119 e. The fourth-order valence-corrected chi connectivity index (χ4v) is 1.82. The molecule has 0 unspecified atom stereocenters. The summed E-state index contributed by atoms with van der Waals surface area (Å²) >= 11 is 0. The van der Waals surface area contributed by atoms with Gasteiger partial charge in [-0.2, -0.15) is 0 Å². The first-order chi connectivity index (χ1) is 8.19. The van der Waals surface area contributed by atoms with E-state index in [1.165, 1.54) is 0 Å². The molecule has 2 aromatic carbocycles. The van der Waals surface area contributed by atoms with Gasteiger partial charge in [0, 0.05) is 6.42 Å². The predicted octanol–water partition coefficient (Wildman–Crippen LogP) is 3.30. The molecule has 0 aliphatic heterocycles. The molecule has 0 saturated carbocycles. The number of hydrogen-bond donors (Lipinski definition) is 1. The Labute approximate surface area is 101 Å². The quantitative estimate of drug-likeness (QED) is 0.873. The van der Waals surface area contributed by atoms with Crippen molar-refractivity contribution in [2.24, 2.45) is 0 Å². The summed E-state index contributed by atoms with van der Waals surface area (Å²) in [6, 6.07) is 13.6. The first-order valence-electron chi connectivity index (χ1n) is 5.60. The van der Waals surface area contributed by atoms with Crippen molar-refractivity contribution in [3.8, 4) is 11.5 Å². The molecule has 2 rings (SSSR count). The highest BCUT2D eigenvalue weighted by atomic mass is 16.5. The zero-order chi connectivity index (χ0) is 12.3. The lowest BCUT2D eigenvalue weighted by molar-refractivity contribution is 0.414. The second kappa shape index (κ2) is 4.91. The van der Waals surface area contributed by atoms with Gasteiger partial charge in [-0.1, -0.05) is 29.8 Å². The SMILES string of the molecule is COc1ccc(Cc2cc(C)ccc2O)cc1. The van der Waals surface area contributed by atoms with Crippen molar-refractivity contribution < 1.29 is 9.84 Å². The van der Waals surface area contributed by atoms with Crippen LogP contribution in [0.3, 0.4) is 0 Å². The van der Waals surface area contributed by atoms with E-state index >= 15 is 0 Å². The van der Waals surface area contributed by atoms with Gasteiger partial charge in [-0.15, -0.1) is 0 Å². The second-order valence-electron chi connectivity index (χ2n) is 4.16. The average Bonchev–Trinajstić information content (AvgIpc) is 2.35. The maximum atomic E-state index is 9.77. The van der Waals surface area contributed by atoms with Crippen LogP contribution < -0.4 is 4.74 Å². The molecule has 0 aliphatic carbocycles. The topological polar surface area (TPSA) is 29.5 Å². The van der Waals surface area contributed by atoms with E-state index in [9.17, 15) is 5.11 Å². The van der Waals surface area contributed by atoms with Gasteiger partial charge in [-0.05, 0) is 36.2 Å². The van der Waals surface area contributed by atoms with Crippen molar-refractivity contribution in [3.05, 3.63) is 59.2 Å². The van der Waals surface area contributed by atoms with Gasteiger partial charge in [0.1, 0.15) is 11.5 Å². The fraction of sp³-hybridized carbons (Fsp3) is 0.200. The number of phenols is 1. The molecule has 0 aliphatic rings. The van der Waals surface area contributed by atoms with Gasteiger partial charge >= 0.3 is 0 Å². The molecule has 2 heteroatoms. The minimum atomic E-state index is 0.353. The van der Waals surface area contributed by atoms with Gasteiger partial charge < -0.3 is 9.84 Å². The van der Waals surface area contributed by atoms with Crippen molar-refractivity contribution in [1.29, 1.82) is 0 Å². The minimum absolute atomic E-state index is 0.353. The average molecular weight is 228 g/mol. The maximum Gasteiger partial charge on any atom is 0.119 e. The van der Waals surface area contributed by atoms with E-state index in [0.717, 1.165) is 28.9 Å². The molecule has 2 aromatic rings. The monoisotopic (exact) mass is 228 g/mol. The number of hydrogen-bond acceptors (Lipinski definition) is 2. The fourth-order valence-electron chi connectivity index (χ4n) is 1.82. The number of benzene rings is 2. The summed E-state index contributed by atoms with van der Waals surface area (Å²) < 4.78 is 5.11. The highest BCUT2D eigenvalue weighted by Crippen LogP contribution is 2.22. The summed E-state index contributed by atoms with van der Waals surface area (Å²) in [5, 5.41) is 9.77. The Balaban J connectivity index is 2.22. The van der Waals surface area contributed by atoms with Crippen LogP contribution in [0.25, 0.3) is 0 Å². The third-order valence-corrected chi connectivity index (χ3v) is 2.79. The highest BCUT2D eigenvalue weighted by Gasteiger charge is 2.03. The van der Waals surface area contributed by atoms with Crippen LogP contribution >= 0.6 is 0 Å². The summed E-state index contributed by atoms with van der Waals surface area (Å²) in [7, 11) is 1.65. The highest BCUT2D eigenvalue weighted by molar-refractivity contribution is 5.40. The van der Waals surface area contributed by atoms with Gasteiger partial charge in [0.25, 0.3) is 0 Å². The van der Waals surface area contributed by atoms with E-state index in [0.29, 0.717) is 5.75 Å². The normalized spacial score (nSPS) is 10.2. The Morgan fingerprint density at radius 2 is 1.76 bits per heavy atom. The third kappa shape index (κ3) is 2.78. The first kappa shape index (κ1) is 11.5. The number of rotatable bonds is 3. The molecular formula is C15H16O2. The zero-order valence-corrected chi connectivity index (χ0v) is 10.1. The third-order valence-electron chi connectivity index (χ3n) is 2.79. The molecule has 88 valence electrons. The number of ether oxygens (including phenoxy) is 1. The lowest BCUT2D eigenvalue weighted by Gasteiger charge is -2.07. The van der Waals surface area contributed by atoms with Crippen LogP contribution in [0, 0.1) is 6.92 Å². The van der Waals surface area contributed by atoms with Crippen LogP contribution in [-0.4, -0.2) is 12.2 Å². The van der Waals surface area contributed by atoms with E-state index in [4.69, 9.17) is 4.74 Å². The molecule has 0 bridgehead atoms. The Morgan fingerprint density at radius 3 is 2.41 bits per heavy atom. The molecule has 0 amide bonds. The van der Waals surface area contributed by atoms with Crippen molar-refractivity contribution in [1.82, 2.24) is 0 Å². The van der Waals surface area contributed by atoms with Crippen molar-refractivity contribution >= 4 is 0 Å². The first-order valence-corrected chi connectivity index (χ1v) is 5.60. The predicted molar refractivity (Wildman–Crippen MR) is 68.6 cm³/mol. The molecule has 1 N–H and O–H groups in total. The van der Waals surface area contributed by atoms with Gasteiger partial charge in [-0.25, -0.2) is 0 Å².